The highest BCUT2D eigenvalue weighted by Crippen LogP contribution is 2.79. The van der Waals surface area contributed by atoms with Gasteiger partial charge in [0, 0.05) is 173 Å². The number of aromatic hydroxyl groups is 1. The summed E-state index contributed by atoms with van der Waals surface area (Å²) in [5, 5.41) is 94.2. The molecule has 0 saturated carbocycles. The predicted octanol–water partition coefficient (Wildman–Crippen LogP) is 18.2. The first-order valence-corrected chi connectivity index (χ1v) is 25.6. The molecule has 1 unspecified atom stereocenters. The van der Waals surface area contributed by atoms with Crippen LogP contribution in [0.5, 0.6) is 5.75 Å². The summed E-state index contributed by atoms with van der Waals surface area (Å²) in [6.07, 6.45) is 0. The molecule has 1 atom stereocenters. The fourth-order valence-corrected chi connectivity index (χ4v) is 23.9. The lowest BCUT2D eigenvalue weighted by Crippen LogP contribution is -2.11. The first kappa shape index (κ1) is 25.9. The Balaban J connectivity index is 1.27. The van der Waals surface area contributed by atoms with E-state index in [4.69, 9.17) is 0 Å². The molecule has 0 bridgehead atoms. The maximum atomic E-state index is 17.5. The van der Waals surface area contributed by atoms with Gasteiger partial charge in [-0.2, -0.15) is 0 Å². The third kappa shape index (κ3) is 1.41. The van der Waals surface area contributed by atoms with Crippen molar-refractivity contribution in [1.82, 2.24) is 0 Å². The normalized spacial score (nSPS) is 18.3. The van der Waals surface area contributed by atoms with E-state index in [-0.39, 0.29) is 11.3 Å². The summed E-state index contributed by atoms with van der Waals surface area (Å²) in [6, 6.07) is 9.17. The minimum atomic E-state index is -0.167. The van der Waals surface area contributed by atoms with Crippen LogP contribution >= 0.6 is 0 Å². The van der Waals surface area contributed by atoms with Crippen LogP contribution in [0.1, 0.15) is 22.6 Å². The molecule has 2 aliphatic carbocycles. The quantitative estimate of drug-likeness (QED) is 0.154. The molecule has 70 heavy (non-hydrogen) atoms. The minimum absolute atomic E-state index is 0.167. The summed E-state index contributed by atoms with van der Waals surface area (Å²) in [5.41, 5.74) is 6.25. The van der Waals surface area contributed by atoms with E-state index in [0.717, 1.165) is 32.7 Å². The molecule has 0 aliphatic heterocycles. The average Bonchev–Trinajstić information content (AvgIpc) is 4.38. The second kappa shape index (κ2) is 5.95. The number of hydrogen-bond donors (Lipinski definition) is 1. The highest BCUT2D eigenvalue weighted by molar-refractivity contribution is 6.82. The number of benzene rings is 18. The highest BCUT2D eigenvalue weighted by Gasteiger charge is 2.52. The number of fused-ring (bicyclic) bond motifs is 7. The van der Waals surface area contributed by atoms with Crippen molar-refractivity contribution < 1.29 is 5.11 Å². The zero-order valence-corrected chi connectivity index (χ0v) is 35.2. The van der Waals surface area contributed by atoms with E-state index in [1.807, 2.05) is 0 Å². The second-order valence-corrected chi connectivity index (χ2v) is 24.9. The van der Waals surface area contributed by atoms with E-state index in [0.29, 0.717) is 5.75 Å². The largest absolute Gasteiger partial charge is 0.507 e. The Morgan fingerprint density at radius 1 is 0.243 bits per heavy atom. The third-order valence-electron chi connectivity index (χ3n) is 24.4. The van der Waals surface area contributed by atoms with Gasteiger partial charge in [0.1, 0.15) is 5.75 Å². The Hall–Kier alpha value is -9.11. The highest BCUT2D eigenvalue weighted by atomic mass is 16.3. The maximum Gasteiger partial charge on any atom is 0.195 e. The Kier molecular flexibility index (Phi) is 2.20. The summed E-state index contributed by atoms with van der Waals surface area (Å²) in [6.45, 7) is 0. The standard InChI is InChI=1S/C68H6O2/c69-67-8-6-4-2-1-3-5(6)7-9-11(8)14-15-12(9)16-17-13-10(7)64-61-54(13)47-41-20(17)22-19(16)21-18(15)40-33-23(21)25-24(22)28-27-26(25)29-31-32-30(27)36-37(35(28)41)46(47)51-50-43(36)39(32)45-44-38(31)42(34(29)33)49-48(40)55(14)60-56(49)52(44)58-53(45)57(50)62(59(51)61)66(68(64)70)63(58)65(60)67/h1-4,7,69H. The second-order valence-electron chi connectivity index (χ2n) is 24.9. The van der Waals surface area contributed by atoms with E-state index < -0.39 is 0 Å². The molecule has 2 heteroatoms. The van der Waals surface area contributed by atoms with Crippen molar-refractivity contribution >= 4 is 302 Å². The summed E-state index contributed by atoms with van der Waals surface area (Å²) in [7, 11) is 0. The molecular weight excluding hydrogens is 849 g/mol. The fourth-order valence-electron chi connectivity index (χ4n) is 23.9. The van der Waals surface area contributed by atoms with Crippen molar-refractivity contribution in [1.29, 1.82) is 0 Å². The van der Waals surface area contributed by atoms with E-state index in [2.05, 4.69) is 24.3 Å². The summed E-state index contributed by atoms with van der Waals surface area (Å²) in [4.78, 5) is 17.5. The first-order valence-electron chi connectivity index (χ1n) is 25.6. The molecule has 0 aromatic heterocycles. The smallest absolute Gasteiger partial charge is 0.195 e. The zero-order chi connectivity index (χ0) is 41.8. The summed E-state index contributed by atoms with van der Waals surface area (Å²) >= 11 is 0. The van der Waals surface area contributed by atoms with Crippen LogP contribution in [0.3, 0.4) is 0 Å². The van der Waals surface area contributed by atoms with Crippen LogP contribution in [0.2, 0.25) is 0 Å². The van der Waals surface area contributed by atoms with E-state index in [1.54, 1.807) is 59.2 Å². The van der Waals surface area contributed by atoms with Gasteiger partial charge in [0.25, 0.3) is 0 Å². The van der Waals surface area contributed by atoms with E-state index >= 15 is 4.79 Å². The van der Waals surface area contributed by atoms with Crippen molar-refractivity contribution in [3.63, 3.8) is 0 Å². The monoisotopic (exact) mass is 854 g/mol. The molecule has 30 aromatic rings. The molecule has 0 amide bonds. The number of hydrogen-bond acceptors (Lipinski definition) is 2. The van der Waals surface area contributed by atoms with Gasteiger partial charge in [-0.05, 0) is 162 Å². The van der Waals surface area contributed by atoms with Gasteiger partial charge < -0.3 is 5.11 Å². The van der Waals surface area contributed by atoms with Crippen LogP contribution in [-0.4, -0.2) is 5.11 Å². The molecule has 2 nitrogen and oxygen atoms in total. The van der Waals surface area contributed by atoms with Crippen molar-refractivity contribution in [2.24, 2.45) is 0 Å². The van der Waals surface area contributed by atoms with Crippen LogP contribution in [0.25, 0.3) is 313 Å². The van der Waals surface area contributed by atoms with Gasteiger partial charge >= 0.3 is 0 Å². The van der Waals surface area contributed by atoms with Crippen LogP contribution in [0.15, 0.2) is 29.1 Å². The average molecular weight is 855 g/mol. The summed E-state index contributed by atoms with van der Waals surface area (Å²) < 4.78 is 0. The molecule has 0 radical (unpaired) electrons. The Labute approximate surface area is 378 Å². The molecule has 2 aliphatic rings. The van der Waals surface area contributed by atoms with Crippen molar-refractivity contribution in [3.8, 4) is 16.9 Å². The molecule has 0 saturated heterocycles. The Morgan fingerprint density at radius 3 is 0.814 bits per heavy atom. The molecule has 32 rings (SSSR count). The Bertz CT molecular complexity index is 7840. The Morgan fingerprint density at radius 2 is 0.471 bits per heavy atom. The fraction of sp³-hybridized carbons (Fsp3) is 0.0147. The SMILES string of the molecule is O=c1c2c3c4c5c6c7c8c9c(c(O)c%10c%11c1c1c%12c2c4c2c4c5c5c6c6c%13c7c9c7c%10c9c%10c%11c%11c1c1c%12c2c2c4c4c5c5c6c6c%13c7c9c7c9c%10c%11c%10c1c2c1c4c5c(c67)c9c%101)-c1ccccc1C83. The van der Waals surface area contributed by atoms with Crippen molar-refractivity contribution in [2.75, 3.05) is 0 Å². The lowest BCUT2D eigenvalue weighted by Gasteiger charge is -2.27. The lowest BCUT2D eigenvalue weighted by molar-refractivity contribution is 0.484. The molecule has 30 aromatic carbocycles. The molecule has 290 valence electrons. The van der Waals surface area contributed by atoms with Crippen molar-refractivity contribution in [3.05, 3.63) is 51.2 Å². The van der Waals surface area contributed by atoms with Gasteiger partial charge in [-0.3, -0.25) is 4.79 Å². The van der Waals surface area contributed by atoms with Crippen LogP contribution in [0.4, 0.5) is 0 Å². The topological polar surface area (TPSA) is 37.3 Å². The summed E-state index contributed by atoms with van der Waals surface area (Å²) in [5.74, 6) is 0.225. The number of rotatable bonds is 0. The molecular formula is C68H6O2. The molecule has 0 fully saturated rings. The van der Waals surface area contributed by atoms with Crippen LogP contribution in [0, 0.1) is 0 Å². The van der Waals surface area contributed by atoms with E-state index in [9.17, 15) is 5.11 Å². The van der Waals surface area contributed by atoms with Crippen LogP contribution in [-0.2, 0) is 0 Å². The molecule has 0 heterocycles. The third-order valence-corrected chi connectivity index (χ3v) is 24.4. The van der Waals surface area contributed by atoms with Crippen LogP contribution < -0.4 is 5.43 Å². The lowest BCUT2D eigenvalue weighted by atomic mass is 9.75. The van der Waals surface area contributed by atoms with Gasteiger partial charge in [0.05, 0.1) is 0 Å². The molecule has 0 spiro atoms. The predicted molar refractivity (Wildman–Crippen MR) is 295 cm³/mol. The van der Waals surface area contributed by atoms with Gasteiger partial charge in [-0.1, -0.05) is 24.3 Å². The van der Waals surface area contributed by atoms with Gasteiger partial charge in [-0.15, -0.1) is 0 Å². The van der Waals surface area contributed by atoms with Gasteiger partial charge in [0.2, 0.25) is 0 Å². The first-order chi connectivity index (χ1) is 34.8. The zero-order valence-electron chi connectivity index (χ0n) is 35.2. The maximum absolute atomic E-state index is 17.5. The van der Waals surface area contributed by atoms with Gasteiger partial charge in [0.15, 0.2) is 5.43 Å². The van der Waals surface area contributed by atoms with Gasteiger partial charge in [-0.25, -0.2) is 0 Å². The van der Waals surface area contributed by atoms with E-state index in [1.165, 1.54) is 238 Å². The van der Waals surface area contributed by atoms with Crippen molar-refractivity contribution in [2.45, 2.75) is 5.92 Å². The molecule has 1 N–H and O–H groups in total. The minimum Gasteiger partial charge on any atom is -0.507 e.